The van der Waals surface area contributed by atoms with E-state index < -0.39 is 0 Å². The first-order chi connectivity index (χ1) is 12.3. The zero-order chi connectivity index (χ0) is 17.5. The van der Waals surface area contributed by atoms with Crippen molar-refractivity contribution >= 4 is 5.82 Å². The van der Waals surface area contributed by atoms with Crippen molar-refractivity contribution in [2.75, 3.05) is 18.0 Å². The summed E-state index contributed by atoms with van der Waals surface area (Å²) in [5.41, 5.74) is 3.36. The lowest BCUT2D eigenvalue weighted by Crippen LogP contribution is -2.28. The molecule has 0 amide bonds. The van der Waals surface area contributed by atoms with Gasteiger partial charge in [-0.25, -0.2) is 0 Å². The molecule has 1 aromatic heterocycles. The summed E-state index contributed by atoms with van der Waals surface area (Å²) in [4.78, 5) is 2.42. The van der Waals surface area contributed by atoms with Crippen molar-refractivity contribution in [2.24, 2.45) is 0 Å². The van der Waals surface area contributed by atoms with Gasteiger partial charge < -0.3 is 4.90 Å². The lowest BCUT2D eigenvalue weighted by Gasteiger charge is -2.25. The quantitative estimate of drug-likeness (QED) is 0.609. The van der Waals surface area contributed by atoms with Crippen molar-refractivity contribution in [2.45, 2.75) is 33.1 Å². The minimum Gasteiger partial charge on any atom is -0.355 e. The maximum absolute atomic E-state index is 4.54. The van der Waals surface area contributed by atoms with Gasteiger partial charge in [-0.2, -0.15) is 4.68 Å². The summed E-state index contributed by atoms with van der Waals surface area (Å²) >= 11 is 0. The van der Waals surface area contributed by atoms with Crippen molar-refractivity contribution < 1.29 is 0 Å². The third-order valence-corrected chi connectivity index (χ3v) is 4.22. The van der Waals surface area contributed by atoms with Crippen LogP contribution >= 0.6 is 0 Å². The smallest absolute Gasteiger partial charge is 0.156 e. The Morgan fingerprint density at radius 1 is 0.840 bits per heavy atom. The van der Waals surface area contributed by atoms with Crippen LogP contribution in [0.2, 0.25) is 0 Å². The van der Waals surface area contributed by atoms with Crippen LogP contribution in [0.25, 0.3) is 5.69 Å². The van der Waals surface area contributed by atoms with Gasteiger partial charge in [0.1, 0.15) is 5.69 Å². The molecular formula is C21H26N4. The molecule has 4 heteroatoms. The van der Waals surface area contributed by atoms with Gasteiger partial charge in [0.15, 0.2) is 5.82 Å². The van der Waals surface area contributed by atoms with Crippen LogP contribution in [0.4, 0.5) is 5.82 Å². The minimum atomic E-state index is 0.799. The molecular weight excluding hydrogens is 308 g/mol. The van der Waals surface area contributed by atoms with Crippen molar-refractivity contribution in [3.05, 3.63) is 71.9 Å². The number of aromatic nitrogens is 3. The molecule has 0 bridgehead atoms. The van der Waals surface area contributed by atoms with Gasteiger partial charge in [-0.15, -0.1) is 5.10 Å². The molecule has 0 radical (unpaired) electrons. The molecule has 25 heavy (non-hydrogen) atoms. The molecule has 0 fully saturated rings. The van der Waals surface area contributed by atoms with Crippen LogP contribution in [0.1, 0.15) is 37.9 Å². The summed E-state index contributed by atoms with van der Waals surface area (Å²) in [5.74, 6) is 1.12. The first-order valence-electron chi connectivity index (χ1n) is 9.12. The summed E-state index contributed by atoms with van der Waals surface area (Å²) in [6.07, 6.45) is 3.00. The Bertz CT molecular complexity index is 759. The fourth-order valence-corrected chi connectivity index (χ4v) is 3.13. The molecule has 0 N–H and O–H groups in total. The van der Waals surface area contributed by atoms with Gasteiger partial charge in [0, 0.05) is 19.5 Å². The number of hydrogen-bond donors (Lipinski definition) is 0. The summed E-state index contributed by atoms with van der Waals surface area (Å²) in [7, 11) is 0. The predicted molar refractivity (Wildman–Crippen MR) is 103 cm³/mol. The van der Waals surface area contributed by atoms with Gasteiger partial charge in [0.2, 0.25) is 0 Å². The molecule has 0 aliphatic carbocycles. The Hall–Kier alpha value is -2.62. The number of benzene rings is 2. The van der Waals surface area contributed by atoms with Gasteiger partial charge in [0.05, 0.1) is 5.69 Å². The molecule has 3 aromatic rings. The molecule has 4 nitrogen and oxygen atoms in total. The summed E-state index contributed by atoms with van der Waals surface area (Å²) in [6, 6.07) is 20.8. The molecule has 0 saturated carbocycles. The van der Waals surface area contributed by atoms with E-state index in [1.54, 1.807) is 0 Å². The van der Waals surface area contributed by atoms with E-state index >= 15 is 0 Å². The largest absolute Gasteiger partial charge is 0.355 e. The molecule has 0 spiro atoms. The zero-order valence-electron chi connectivity index (χ0n) is 15.1. The first kappa shape index (κ1) is 17.2. The Kier molecular flexibility index (Phi) is 5.83. The van der Waals surface area contributed by atoms with E-state index in [1.165, 1.54) is 5.56 Å². The van der Waals surface area contributed by atoms with E-state index in [-0.39, 0.29) is 0 Å². The molecule has 0 aliphatic heterocycles. The highest BCUT2D eigenvalue weighted by Crippen LogP contribution is 2.25. The lowest BCUT2D eigenvalue weighted by molar-refractivity contribution is 0.704. The maximum Gasteiger partial charge on any atom is 0.156 e. The number of para-hydroxylation sites is 1. The van der Waals surface area contributed by atoms with Gasteiger partial charge in [0.25, 0.3) is 0 Å². The Morgan fingerprint density at radius 3 is 2.04 bits per heavy atom. The highest BCUT2D eigenvalue weighted by Gasteiger charge is 2.20. The normalized spacial score (nSPS) is 10.8. The second kappa shape index (κ2) is 8.47. The van der Waals surface area contributed by atoms with Crippen molar-refractivity contribution in [3.63, 3.8) is 0 Å². The maximum atomic E-state index is 4.54. The summed E-state index contributed by atoms with van der Waals surface area (Å²) < 4.78 is 1.99. The van der Waals surface area contributed by atoms with E-state index in [0.29, 0.717) is 0 Å². The van der Waals surface area contributed by atoms with Gasteiger partial charge in [-0.3, -0.25) is 0 Å². The minimum absolute atomic E-state index is 0.799. The third-order valence-electron chi connectivity index (χ3n) is 4.22. The highest BCUT2D eigenvalue weighted by molar-refractivity contribution is 5.51. The van der Waals surface area contributed by atoms with E-state index in [1.807, 2.05) is 28.9 Å². The SMILES string of the molecule is CCCN(CCC)c1c(Cc2ccccc2)nnn1-c1ccccc1. The number of nitrogens with zero attached hydrogens (tertiary/aromatic N) is 4. The van der Waals surface area contributed by atoms with Crippen LogP contribution in [-0.4, -0.2) is 28.1 Å². The van der Waals surface area contributed by atoms with E-state index in [4.69, 9.17) is 0 Å². The molecule has 0 saturated heterocycles. The molecule has 2 aromatic carbocycles. The van der Waals surface area contributed by atoms with Crippen LogP contribution in [0.5, 0.6) is 0 Å². The average Bonchev–Trinajstić information content (AvgIpc) is 3.06. The van der Waals surface area contributed by atoms with Crippen molar-refractivity contribution in [3.8, 4) is 5.69 Å². The first-order valence-corrected chi connectivity index (χ1v) is 9.12. The molecule has 0 atom stereocenters. The van der Waals surface area contributed by atoms with Gasteiger partial charge >= 0.3 is 0 Å². The number of anilines is 1. The van der Waals surface area contributed by atoms with E-state index in [9.17, 15) is 0 Å². The Labute approximate surface area is 150 Å². The molecule has 1 heterocycles. The number of hydrogen-bond acceptors (Lipinski definition) is 3. The van der Waals surface area contributed by atoms with Crippen LogP contribution in [-0.2, 0) is 6.42 Å². The third kappa shape index (κ3) is 4.08. The molecule has 0 aliphatic rings. The fourth-order valence-electron chi connectivity index (χ4n) is 3.13. The molecule has 0 unspecified atom stereocenters. The standard InChI is InChI=1S/C21H26N4/c1-3-15-24(16-4-2)21-20(17-18-11-7-5-8-12-18)22-23-25(21)19-13-9-6-10-14-19/h5-14H,3-4,15-17H2,1-2H3. The van der Waals surface area contributed by atoms with Crippen molar-refractivity contribution in [1.29, 1.82) is 0 Å². The fraction of sp³-hybridized carbons (Fsp3) is 0.333. The lowest BCUT2D eigenvalue weighted by atomic mass is 10.1. The van der Waals surface area contributed by atoms with E-state index in [0.717, 1.165) is 49.6 Å². The highest BCUT2D eigenvalue weighted by atomic mass is 15.5. The second-order valence-corrected chi connectivity index (χ2v) is 6.26. The molecule has 130 valence electrons. The average molecular weight is 334 g/mol. The number of rotatable bonds is 8. The molecule has 3 rings (SSSR count). The monoisotopic (exact) mass is 334 g/mol. The Balaban J connectivity index is 2.04. The topological polar surface area (TPSA) is 34.0 Å². The zero-order valence-corrected chi connectivity index (χ0v) is 15.1. The Morgan fingerprint density at radius 2 is 1.44 bits per heavy atom. The van der Waals surface area contributed by atoms with Crippen LogP contribution in [0, 0.1) is 0 Å². The van der Waals surface area contributed by atoms with Gasteiger partial charge in [-0.1, -0.05) is 67.6 Å². The van der Waals surface area contributed by atoms with Gasteiger partial charge in [-0.05, 0) is 30.5 Å². The van der Waals surface area contributed by atoms with E-state index in [2.05, 4.69) is 65.5 Å². The second-order valence-electron chi connectivity index (χ2n) is 6.26. The van der Waals surface area contributed by atoms with Crippen LogP contribution in [0.3, 0.4) is 0 Å². The van der Waals surface area contributed by atoms with Crippen LogP contribution in [0.15, 0.2) is 60.7 Å². The predicted octanol–water partition coefficient (Wildman–Crippen LogP) is 4.48. The van der Waals surface area contributed by atoms with Crippen LogP contribution < -0.4 is 4.90 Å². The summed E-state index contributed by atoms with van der Waals surface area (Å²) in [6.45, 7) is 6.46. The summed E-state index contributed by atoms with van der Waals surface area (Å²) in [5, 5.41) is 9.04. The van der Waals surface area contributed by atoms with Crippen molar-refractivity contribution in [1.82, 2.24) is 15.0 Å².